The molecule has 0 saturated carbocycles. The van der Waals surface area contributed by atoms with Crippen LogP contribution in [0.15, 0.2) is 18.2 Å². The van der Waals surface area contributed by atoms with Crippen molar-refractivity contribution >= 4 is 17.4 Å². The van der Waals surface area contributed by atoms with Crippen LogP contribution in [0.25, 0.3) is 11.3 Å². The summed E-state index contributed by atoms with van der Waals surface area (Å²) in [6.45, 7) is 0.198. The molecule has 0 atom stereocenters. The van der Waals surface area contributed by atoms with Gasteiger partial charge in [0.2, 0.25) is 6.79 Å². The zero-order chi connectivity index (χ0) is 11.1. The number of nitrogens with one attached hydrogen (secondary N) is 1. The van der Waals surface area contributed by atoms with Crippen molar-refractivity contribution in [1.29, 1.82) is 0 Å². The summed E-state index contributed by atoms with van der Waals surface area (Å²) < 4.78 is 10.5. The molecule has 2 heterocycles. The third-order valence-corrected chi connectivity index (χ3v) is 2.62. The molecule has 0 amide bonds. The molecule has 16 heavy (non-hydrogen) atoms. The van der Waals surface area contributed by atoms with Gasteiger partial charge in [0.05, 0.1) is 10.7 Å². The number of H-pyrrole nitrogens is 1. The van der Waals surface area contributed by atoms with Gasteiger partial charge in [-0.15, -0.1) is 0 Å². The third kappa shape index (κ3) is 1.37. The summed E-state index contributed by atoms with van der Waals surface area (Å²) in [5.41, 5.74) is 7.18. The number of rotatable bonds is 1. The highest BCUT2D eigenvalue weighted by molar-refractivity contribution is 6.32. The fraction of sp³-hybridized carbons (Fsp3) is 0.100. The topological polar surface area (TPSA) is 73.2 Å². The quantitative estimate of drug-likeness (QED) is 0.796. The van der Waals surface area contributed by atoms with E-state index in [0.717, 1.165) is 11.3 Å². The predicted octanol–water partition coefficient (Wildman–Crippen LogP) is 2.04. The van der Waals surface area contributed by atoms with E-state index in [1.807, 2.05) is 6.07 Å². The van der Waals surface area contributed by atoms with E-state index in [4.69, 9.17) is 26.8 Å². The highest BCUT2D eigenvalue weighted by Crippen LogP contribution is 2.42. The first-order chi connectivity index (χ1) is 7.74. The highest BCUT2D eigenvalue weighted by atomic mass is 35.5. The number of aromatic amines is 1. The maximum atomic E-state index is 6.06. The monoisotopic (exact) mass is 237 g/mol. The Hall–Kier alpha value is -1.88. The van der Waals surface area contributed by atoms with Crippen LogP contribution in [-0.2, 0) is 0 Å². The molecule has 0 unspecified atom stereocenters. The summed E-state index contributed by atoms with van der Waals surface area (Å²) in [5.74, 6) is 1.65. The second-order valence-electron chi connectivity index (χ2n) is 3.40. The summed E-state index contributed by atoms with van der Waals surface area (Å²) >= 11 is 6.06. The molecule has 5 nitrogen and oxygen atoms in total. The Kier molecular flexibility index (Phi) is 1.94. The lowest BCUT2D eigenvalue weighted by Gasteiger charge is -2.02. The van der Waals surface area contributed by atoms with Gasteiger partial charge < -0.3 is 15.2 Å². The van der Waals surface area contributed by atoms with Crippen molar-refractivity contribution in [2.24, 2.45) is 0 Å². The lowest BCUT2D eigenvalue weighted by atomic mass is 10.1. The van der Waals surface area contributed by atoms with Crippen LogP contribution < -0.4 is 15.2 Å². The molecule has 1 aliphatic heterocycles. The van der Waals surface area contributed by atoms with Gasteiger partial charge in [0.25, 0.3) is 0 Å². The van der Waals surface area contributed by atoms with Crippen LogP contribution in [0.3, 0.4) is 0 Å². The molecule has 0 aliphatic carbocycles. The lowest BCUT2D eigenvalue weighted by Crippen LogP contribution is -1.93. The van der Waals surface area contributed by atoms with Gasteiger partial charge in [-0.1, -0.05) is 11.6 Å². The van der Waals surface area contributed by atoms with Gasteiger partial charge in [0.15, 0.2) is 11.5 Å². The molecule has 0 radical (unpaired) electrons. The Morgan fingerprint density at radius 1 is 1.31 bits per heavy atom. The molecule has 1 aromatic heterocycles. The van der Waals surface area contributed by atoms with E-state index in [-0.39, 0.29) is 6.79 Å². The maximum absolute atomic E-state index is 6.06. The van der Waals surface area contributed by atoms with Crippen LogP contribution in [0.1, 0.15) is 0 Å². The van der Waals surface area contributed by atoms with E-state index >= 15 is 0 Å². The summed E-state index contributed by atoms with van der Waals surface area (Å²) in [6.07, 6.45) is 0. The number of fused-ring (bicyclic) bond motifs is 1. The summed E-state index contributed by atoms with van der Waals surface area (Å²) in [5, 5.41) is 7.18. The molecule has 82 valence electrons. The molecule has 0 saturated heterocycles. The second-order valence-corrected chi connectivity index (χ2v) is 3.81. The van der Waals surface area contributed by atoms with Crippen molar-refractivity contribution in [1.82, 2.24) is 10.2 Å². The molecule has 6 heteroatoms. The number of halogens is 1. The zero-order valence-corrected chi connectivity index (χ0v) is 8.91. The molecule has 0 spiro atoms. The van der Waals surface area contributed by atoms with Crippen LogP contribution in [0.2, 0.25) is 5.02 Å². The molecule has 2 aromatic rings. The van der Waals surface area contributed by atoms with Gasteiger partial charge >= 0.3 is 0 Å². The third-order valence-electron chi connectivity index (χ3n) is 2.34. The van der Waals surface area contributed by atoms with Gasteiger partial charge in [-0.3, -0.25) is 5.10 Å². The highest BCUT2D eigenvalue weighted by Gasteiger charge is 2.19. The van der Waals surface area contributed by atoms with Crippen LogP contribution in [0.4, 0.5) is 5.82 Å². The molecule has 3 rings (SSSR count). The summed E-state index contributed by atoms with van der Waals surface area (Å²) in [6, 6.07) is 5.34. The minimum Gasteiger partial charge on any atom is -0.454 e. The van der Waals surface area contributed by atoms with Gasteiger partial charge in [-0.05, 0) is 12.1 Å². The molecule has 1 aliphatic rings. The molecule has 0 bridgehead atoms. The SMILES string of the molecule is Nc1cc(-c2cc(Cl)c3c(c2)OCO3)[nH]n1. The van der Waals surface area contributed by atoms with E-state index in [2.05, 4.69) is 10.2 Å². The number of hydrogen-bond donors (Lipinski definition) is 2. The first-order valence-electron chi connectivity index (χ1n) is 4.64. The fourth-order valence-electron chi connectivity index (χ4n) is 1.61. The van der Waals surface area contributed by atoms with Crippen LogP contribution in [0, 0.1) is 0 Å². The van der Waals surface area contributed by atoms with Crippen molar-refractivity contribution in [2.45, 2.75) is 0 Å². The standard InChI is InChI=1S/C10H8ClN3O2/c11-6-1-5(7-3-9(12)14-13-7)2-8-10(6)16-4-15-8/h1-3H,4H2,(H3,12,13,14). The van der Waals surface area contributed by atoms with Crippen molar-refractivity contribution in [2.75, 3.05) is 12.5 Å². The second kappa shape index (κ2) is 3.31. The van der Waals surface area contributed by atoms with E-state index in [1.165, 1.54) is 0 Å². The average Bonchev–Trinajstić information content (AvgIpc) is 2.85. The van der Waals surface area contributed by atoms with E-state index in [0.29, 0.717) is 22.3 Å². The normalized spacial score (nSPS) is 13.1. The maximum Gasteiger partial charge on any atom is 0.231 e. The smallest absolute Gasteiger partial charge is 0.231 e. The van der Waals surface area contributed by atoms with Gasteiger partial charge in [0.1, 0.15) is 5.82 Å². The lowest BCUT2D eigenvalue weighted by molar-refractivity contribution is 0.174. The number of nitrogens with zero attached hydrogens (tertiary/aromatic N) is 1. The predicted molar refractivity (Wildman–Crippen MR) is 59.6 cm³/mol. The Balaban J connectivity index is 2.12. The number of anilines is 1. The Labute approximate surface area is 96.1 Å². The number of benzene rings is 1. The first-order valence-corrected chi connectivity index (χ1v) is 5.02. The Bertz CT molecular complexity index is 553. The molecule has 3 N–H and O–H groups in total. The Morgan fingerprint density at radius 3 is 2.94 bits per heavy atom. The first kappa shape index (κ1) is 9.35. The van der Waals surface area contributed by atoms with Crippen molar-refractivity contribution in [3.05, 3.63) is 23.2 Å². The minimum absolute atomic E-state index is 0.198. The van der Waals surface area contributed by atoms with E-state index < -0.39 is 0 Å². The van der Waals surface area contributed by atoms with Crippen LogP contribution in [0.5, 0.6) is 11.5 Å². The average molecular weight is 238 g/mol. The van der Waals surface area contributed by atoms with Gasteiger partial charge in [-0.25, -0.2) is 0 Å². The van der Waals surface area contributed by atoms with E-state index in [9.17, 15) is 0 Å². The molecule has 1 aromatic carbocycles. The largest absolute Gasteiger partial charge is 0.454 e. The van der Waals surface area contributed by atoms with Crippen LogP contribution in [-0.4, -0.2) is 17.0 Å². The van der Waals surface area contributed by atoms with Crippen molar-refractivity contribution < 1.29 is 9.47 Å². The number of nitrogen functional groups attached to an aromatic ring is 1. The summed E-state index contributed by atoms with van der Waals surface area (Å²) in [4.78, 5) is 0. The van der Waals surface area contributed by atoms with E-state index in [1.54, 1.807) is 12.1 Å². The van der Waals surface area contributed by atoms with Gasteiger partial charge in [-0.2, -0.15) is 5.10 Å². The fourth-order valence-corrected chi connectivity index (χ4v) is 1.87. The van der Waals surface area contributed by atoms with Crippen LogP contribution >= 0.6 is 11.6 Å². The Morgan fingerprint density at radius 2 is 2.19 bits per heavy atom. The number of nitrogens with two attached hydrogens (primary N) is 1. The summed E-state index contributed by atoms with van der Waals surface area (Å²) in [7, 11) is 0. The van der Waals surface area contributed by atoms with Crippen molar-refractivity contribution in [3.8, 4) is 22.8 Å². The van der Waals surface area contributed by atoms with Crippen molar-refractivity contribution in [3.63, 3.8) is 0 Å². The molecular weight excluding hydrogens is 230 g/mol. The minimum atomic E-state index is 0.198. The molecule has 0 fully saturated rings. The number of hydrogen-bond acceptors (Lipinski definition) is 4. The number of aromatic nitrogens is 2. The van der Waals surface area contributed by atoms with Gasteiger partial charge in [0, 0.05) is 11.6 Å². The molecular formula is C10H8ClN3O2. The zero-order valence-electron chi connectivity index (χ0n) is 8.16. The number of ether oxygens (including phenoxy) is 2.